The van der Waals surface area contributed by atoms with Crippen LogP contribution in [0.4, 0.5) is 0 Å². The van der Waals surface area contributed by atoms with E-state index in [1.807, 2.05) is 36.4 Å². The highest BCUT2D eigenvalue weighted by molar-refractivity contribution is 6.08. The Morgan fingerprint density at radius 3 is 2.00 bits per heavy atom. The lowest BCUT2D eigenvalue weighted by atomic mass is 9.99. The summed E-state index contributed by atoms with van der Waals surface area (Å²) in [4.78, 5) is 4.73. The minimum Gasteiger partial charge on any atom is -0.293 e. The Morgan fingerprint density at radius 2 is 1.39 bits per heavy atom. The lowest BCUT2D eigenvalue weighted by Gasteiger charge is -2.08. The molecule has 3 rings (SSSR count). The maximum Gasteiger partial charge on any atom is 0.0336 e. The van der Waals surface area contributed by atoms with Crippen molar-refractivity contribution in [1.82, 2.24) is 0 Å². The maximum absolute atomic E-state index is 4.73. The van der Waals surface area contributed by atoms with E-state index in [2.05, 4.69) is 37.3 Å². The summed E-state index contributed by atoms with van der Waals surface area (Å²) in [5, 5.41) is 0. The highest BCUT2D eigenvalue weighted by Crippen LogP contribution is 2.27. The maximum atomic E-state index is 4.73. The van der Waals surface area contributed by atoms with Gasteiger partial charge in [0.15, 0.2) is 0 Å². The summed E-state index contributed by atoms with van der Waals surface area (Å²) in [6.45, 7) is 2.14. The molecule has 0 saturated carbocycles. The van der Waals surface area contributed by atoms with E-state index in [9.17, 15) is 0 Å². The number of benzene rings is 2. The molecule has 1 aliphatic heterocycles. The predicted molar refractivity (Wildman–Crippen MR) is 75.2 cm³/mol. The van der Waals surface area contributed by atoms with Gasteiger partial charge < -0.3 is 0 Å². The Hall–Kier alpha value is -2.15. The molecule has 0 spiro atoms. The molecule has 0 amide bonds. The van der Waals surface area contributed by atoms with Gasteiger partial charge in [0.2, 0.25) is 0 Å². The molecule has 0 aliphatic carbocycles. The van der Waals surface area contributed by atoms with Crippen LogP contribution in [0.5, 0.6) is 0 Å². The summed E-state index contributed by atoms with van der Waals surface area (Å²) >= 11 is 0. The van der Waals surface area contributed by atoms with Crippen LogP contribution in [0.15, 0.2) is 65.7 Å². The van der Waals surface area contributed by atoms with Gasteiger partial charge >= 0.3 is 0 Å². The van der Waals surface area contributed by atoms with Crippen LogP contribution >= 0.6 is 0 Å². The predicted octanol–water partition coefficient (Wildman–Crippen LogP) is 3.97. The third-order valence-electron chi connectivity index (χ3n) is 3.11. The van der Waals surface area contributed by atoms with Gasteiger partial charge in [0.25, 0.3) is 0 Å². The second kappa shape index (κ2) is 4.61. The van der Waals surface area contributed by atoms with Crippen molar-refractivity contribution < 1.29 is 0 Å². The van der Waals surface area contributed by atoms with Crippen LogP contribution < -0.4 is 0 Å². The summed E-state index contributed by atoms with van der Waals surface area (Å²) in [6, 6.07) is 20.6. The molecule has 1 atom stereocenters. The van der Waals surface area contributed by atoms with Crippen LogP contribution in [0.3, 0.4) is 0 Å². The highest BCUT2D eigenvalue weighted by atomic mass is 14.8. The van der Waals surface area contributed by atoms with Gasteiger partial charge in [-0.15, -0.1) is 17.8 Å². The van der Waals surface area contributed by atoms with Crippen molar-refractivity contribution in [2.24, 2.45) is 10.9 Å². The molecule has 0 N–H and O–H groups in total. The summed E-state index contributed by atoms with van der Waals surface area (Å²) in [5.74, 6) is 0.252. The fourth-order valence-corrected chi connectivity index (χ4v) is 2.19. The molecule has 88 valence electrons. The molecule has 1 unspecified atom stereocenters. The number of allylic oxidation sites excluding steroid dienone is 1. The highest BCUT2D eigenvalue weighted by Gasteiger charge is 2.11. The van der Waals surface area contributed by atoms with E-state index in [0.29, 0.717) is 0 Å². The standard InChI is InChI=1S/C17H14N/c1-13-12-16(14-8-4-2-5-9-14)18-17(13)15-10-6-3-7-11-15/h2-11,13H,1H3/q-1. The van der Waals surface area contributed by atoms with E-state index in [1.54, 1.807) is 0 Å². The molecule has 2 aromatic carbocycles. The Bertz CT molecular complexity index is 594. The van der Waals surface area contributed by atoms with Crippen molar-refractivity contribution in [2.75, 3.05) is 0 Å². The van der Waals surface area contributed by atoms with E-state index < -0.39 is 0 Å². The Morgan fingerprint density at radius 1 is 0.833 bits per heavy atom. The SMILES string of the molecule is CC1[C-]=C(c2ccccc2)N=C1c1ccccc1. The fourth-order valence-electron chi connectivity index (χ4n) is 2.19. The first-order valence-electron chi connectivity index (χ1n) is 6.17. The monoisotopic (exact) mass is 232 g/mol. The first kappa shape index (κ1) is 11.0. The van der Waals surface area contributed by atoms with Gasteiger partial charge in [0.1, 0.15) is 0 Å². The molecule has 0 aromatic heterocycles. The third-order valence-corrected chi connectivity index (χ3v) is 3.11. The first-order valence-corrected chi connectivity index (χ1v) is 6.17. The largest absolute Gasteiger partial charge is 0.293 e. The molecule has 0 saturated heterocycles. The zero-order valence-electron chi connectivity index (χ0n) is 10.3. The van der Waals surface area contributed by atoms with Crippen molar-refractivity contribution >= 4 is 11.4 Å². The van der Waals surface area contributed by atoms with E-state index in [4.69, 9.17) is 4.99 Å². The van der Waals surface area contributed by atoms with Crippen molar-refractivity contribution in [3.05, 3.63) is 77.9 Å². The summed E-state index contributed by atoms with van der Waals surface area (Å²) in [7, 11) is 0. The molecule has 1 aliphatic rings. The number of nitrogens with zero attached hydrogens (tertiary/aromatic N) is 1. The molecule has 2 aromatic rings. The van der Waals surface area contributed by atoms with Gasteiger partial charge in [0.05, 0.1) is 0 Å². The number of aliphatic imine (C=N–C) groups is 1. The lowest BCUT2D eigenvalue weighted by molar-refractivity contribution is 0.993. The molecule has 0 fully saturated rings. The van der Waals surface area contributed by atoms with Gasteiger partial charge in [-0.3, -0.25) is 4.99 Å². The second-order valence-electron chi connectivity index (χ2n) is 4.44. The quantitative estimate of drug-likeness (QED) is 0.695. The van der Waals surface area contributed by atoms with E-state index in [0.717, 1.165) is 17.0 Å². The van der Waals surface area contributed by atoms with Crippen LogP contribution in [0.1, 0.15) is 18.1 Å². The van der Waals surface area contributed by atoms with Gasteiger partial charge in [-0.1, -0.05) is 61.4 Å². The fraction of sp³-hybridized carbons (Fsp3) is 0.118. The van der Waals surface area contributed by atoms with Gasteiger partial charge in [-0.25, -0.2) is 6.08 Å². The minimum atomic E-state index is 0.252. The summed E-state index contributed by atoms with van der Waals surface area (Å²) in [5.41, 5.74) is 4.38. The van der Waals surface area contributed by atoms with Crippen LogP contribution in [0.2, 0.25) is 0 Å². The molecular weight excluding hydrogens is 218 g/mol. The molecule has 1 nitrogen and oxygen atoms in total. The zero-order valence-corrected chi connectivity index (χ0v) is 10.3. The average molecular weight is 232 g/mol. The zero-order chi connectivity index (χ0) is 12.4. The van der Waals surface area contributed by atoms with E-state index >= 15 is 0 Å². The minimum absolute atomic E-state index is 0.252. The van der Waals surface area contributed by atoms with Crippen molar-refractivity contribution in [3.8, 4) is 0 Å². The molecule has 18 heavy (non-hydrogen) atoms. The first-order chi connectivity index (χ1) is 8.84. The number of hydrogen-bond acceptors (Lipinski definition) is 1. The molecule has 1 heteroatoms. The Labute approximate surface area is 108 Å². The van der Waals surface area contributed by atoms with Crippen molar-refractivity contribution in [3.63, 3.8) is 0 Å². The van der Waals surface area contributed by atoms with Gasteiger partial charge in [0, 0.05) is 5.71 Å². The number of rotatable bonds is 2. The normalized spacial score (nSPS) is 18.4. The van der Waals surface area contributed by atoms with E-state index in [1.165, 1.54) is 5.56 Å². The van der Waals surface area contributed by atoms with Crippen LogP contribution in [-0.4, -0.2) is 5.71 Å². The lowest BCUT2D eigenvalue weighted by Crippen LogP contribution is -2.06. The topological polar surface area (TPSA) is 12.4 Å². The summed E-state index contributed by atoms with van der Waals surface area (Å²) < 4.78 is 0. The Kier molecular flexibility index (Phi) is 2.81. The van der Waals surface area contributed by atoms with Crippen molar-refractivity contribution in [1.29, 1.82) is 0 Å². The van der Waals surface area contributed by atoms with Crippen LogP contribution in [0, 0.1) is 12.0 Å². The smallest absolute Gasteiger partial charge is 0.0336 e. The molecule has 1 heterocycles. The van der Waals surface area contributed by atoms with Crippen LogP contribution in [-0.2, 0) is 0 Å². The third kappa shape index (κ3) is 2.00. The van der Waals surface area contributed by atoms with Crippen LogP contribution in [0.25, 0.3) is 5.70 Å². The molecule has 0 radical (unpaired) electrons. The Balaban J connectivity index is 1.97. The van der Waals surface area contributed by atoms with Gasteiger partial charge in [-0.2, -0.15) is 5.56 Å². The molecule has 0 bridgehead atoms. The van der Waals surface area contributed by atoms with Crippen molar-refractivity contribution in [2.45, 2.75) is 6.92 Å². The summed E-state index contributed by atoms with van der Waals surface area (Å²) in [6.07, 6.45) is 3.43. The second-order valence-corrected chi connectivity index (χ2v) is 4.44. The van der Waals surface area contributed by atoms with E-state index in [-0.39, 0.29) is 5.92 Å². The van der Waals surface area contributed by atoms with Gasteiger partial charge in [-0.05, 0) is 5.56 Å². The molecular formula is C17H14N-. The number of hydrogen-bond donors (Lipinski definition) is 0. The average Bonchev–Trinajstić information content (AvgIpc) is 2.83.